The van der Waals surface area contributed by atoms with Crippen LogP contribution in [0.25, 0.3) is 0 Å². The van der Waals surface area contributed by atoms with Crippen LogP contribution in [0.3, 0.4) is 0 Å². The van der Waals surface area contributed by atoms with Gasteiger partial charge in [0.05, 0.1) is 12.1 Å². The molecule has 2 N–H and O–H groups in total. The molecule has 1 unspecified atom stereocenters. The zero-order chi connectivity index (χ0) is 11.5. The normalized spacial score (nSPS) is 26.4. The maximum absolute atomic E-state index is 5.66. The highest BCUT2D eigenvalue weighted by molar-refractivity contribution is 4.94. The molecule has 5 nitrogen and oxygen atoms in total. The number of hydrogen-bond acceptors (Lipinski definition) is 5. The lowest BCUT2D eigenvalue weighted by atomic mass is 9.80. The van der Waals surface area contributed by atoms with E-state index in [1.165, 1.54) is 0 Å². The van der Waals surface area contributed by atoms with Crippen LogP contribution in [-0.2, 0) is 11.2 Å². The zero-order valence-electron chi connectivity index (χ0n) is 9.85. The highest BCUT2D eigenvalue weighted by Crippen LogP contribution is 2.32. The molecule has 1 heterocycles. The van der Waals surface area contributed by atoms with E-state index in [0.717, 1.165) is 25.9 Å². The largest absolute Gasteiger partial charge is 0.378 e. The van der Waals surface area contributed by atoms with Crippen LogP contribution in [0.1, 0.15) is 44.4 Å². The van der Waals surface area contributed by atoms with Gasteiger partial charge in [0.25, 0.3) is 0 Å². The highest BCUT2D eigenvalue weighted by Gasteiger charge is 2.31. The monoisotopic (exact) mass is 225 g/mol. The first-order valence-electron chi connectivity index (χ1n) is 5.88. The Labute approximate surface area is 95.3 Å². The predicted octanol–water partition coefficient (Wildman–Crippen LogP) is 1.45. The van der Waals surface area contributed by atoms with Gasteiger partial charge in [0.1, 0.15) is 0 Å². The maximum Gasteiger partial charge on any atom is 0.226 e. The summed E-state index contributed by atoms with van der Waals surface area (Å²) >= 11 is 0. The van der Waals surface area contributed by atoms with Crippen LogP contribution in [-0.4, -0.2) is 22.9 Å². The Morgan fingerprint density at radius 2 is 2.31 bits per heavy atom. The molecule has 90 valence electrons. The average molecular weight is 225 g/mol. The second-order valence-electron chi connectivity index (χ2n) is 4.45. The van der Waals surface area contributed by atoms with Crippen LogP contribution in [0.4, 0.5) is 0 Å². The van der Waals surface area contributed by atoms with Crippen LogP contribution in [0.2, 0.25) is 0 Å². The van der Waals surface area contributed by atoms with Gasteiger partial charge >= 0.3 is 0 Å². The number of nitrogens with zero attached hydrogens (tertiary/aromatic N) is 2. The van der Waals surface area contributed by atoms with Crippen molar-refractivity contribution in [3.8, 4) is 0 Å². The number of aromatic nitrogens is 2. The second-order valence-corrected chi connectivity index (χ2v) is 4.45. The maximum atomic E-state index is 5.66. The third-order valence-electron chi connectivity index (χ3n) is 2.95. The second kappa shape index (κ2) is 4.93. The SMILES string of the molecule is CCOC1CC(Cc2nc(C(C)N)no2)C1. The summed E-state index contributed by atoms with van der Waals surface area (Å²) in [6.07, 6.45) is 3.49. The zero-order valence-corrected chi connectivity index (χ0v) is 9.85. The third kappa shape index (κ3) is 2.59. The summed E-state index contributed by atoms with van der Waals surface area (Å²) in [7, 11) is 0. The molecule has 1 fully saturated rings. The fourth-order valence-corrected chi connectivity index (χ4v) is 2.00. The van der Waals surface area contributed by atoms with Crippen molar-refractivity contribution in [3.05, 3.63) is 11.7 Å². The van der Waals surface area contributed by atoms with Gasteiger partial charge in [-0.2, -0.15) is 4.98 Å². The van der Waals surface area contributed by atoms with E-state index >= 15 is 0 Å². The molecule has 0 saturated heterocycles. The van der Waals surface area contributed by atoms with Crippen molar-refractivity contribution in [3.63, 3.8) is 0 Å². The molecule has 1 aliphatic carbocycles. The van der Waals surface area contributed by atoms with Crippen molar-refractivity contribution in [2.45, 2.75) is 45.3 Å². The Kier molecular flexibility index (Phi) is 3.56. The summed E-state index contributed by atoms with van der Waals surface area (Å²) in [6.45, 7) is 4.68. The van der Waals surface area contributed by atoms with Gasteiger partial charge in [-0.15, -0.1) is 0 Å². The van der Waals surface area contributed by atoms with Gasteiger partial charge in [-0.1, -0.05) is 5.16 Å². The highest BCUT2D eigenvalue weighted by atomic mass is 16.5. The molecule has 0 aromatic carbocycles. The molecule has 0 aliphatic heterocycles. The average Bonchev–Trinajstić information content (AvgIpc) is 2.63. The lowest BCUT2D eigenvalue weighted by molar-refractivity contribution is -0.0258. The molecule has 1 atom stereocenters. The number of ether oxygens (including phenoxy) is 1. The van der Waals surface area contributed by atoms with Crippen LogP contribution < -0.4 is 5.73 Å². The van der Waals surface area contributed by atoms with E-state index in [1.807, 2.05) is 13.8 Å². The summed E-state index contributed by atoms with van der Waals surface area (Å²) in [6, 6.07) is -0.157. The molecule has 1 aliphatic rings. The van der Waals surface area contributed by atoms with Gasteiger partial charge in [0.15, 0.2) is 5.82 Å². The van der Waals surface area contributed by atoms with Gasteiger partial charge < -0.3 is 15.0 Å². The number of rotatable bonds is 5. The molecule has 1 aromatic heterocycles. The first-order chi connectivity index (χ1) is 7.69. The summed E-state index contributed by atoms with van der Waals surface area (Å²) < 4.78 is 10.6. The number of hydrogen-bond donors (Lipinski definition) is 1. The smallest absolute Gasteiger partial charge is 0.226 e. The first kappa shape index (κ1) is 11.5. The topological polar surface area (TPSA) is 74.2 Å². The van der Waals surface area contributed by atoms with Gasteiger partial charge in [-0.3, -0.25) is 0 Å². The Bertz CT molecular complexity index is 332. The van der Waals surface area contributed by atoms with E-state index in [1.54, 1.807) is 0 Å². The predicted molar refractivity (Wildman–Crippen MR) is 58.7 cm³/mol. The molecule has 1 saturated carbocycles. The van der Waals surface area contributed by atoms with Crippen molar-refractivity contribution in [2.24, 2.45) is 11.7 Å². The van der Waals surface area contributed by atoms with E-state index in [-0.39, 0.29) is 6.04 Å². The van der Waals surface area contributed by atoms with Gasteiger partial charge in [0.2, 0.25) is 5.89 Å². The van der Waals surface area contributed by atoms with Crippen LogP contribution in [0.15, 0.2) is 4.52 Å². The Balaban J connectivity index is 1.78. The Morgan fingerprint density at radius 3 is 2.88 bits per heavy atom. The molecule has 0 radical (unpaired) electrons. The van der Waals surface area contributed by atoms with Gasteiger partial charge in [-0.05, 0) is 32.6 Å². The van der Waals surface area contributed by atoms with Crippen molar-refractivity contribution >= 4 is 0 Å². The van der Waals surface area contributed by atoms with Gasteiger partial charge in [0, 0.05) is 13.0 Å². The fourth-order valence-electron chi connectivity index (χ4n) is 2.00. The summed E-state index contributed by atoms with van der Waals surface area (Å²) in [5.41, 5.74) is 5.66. The molecular weight excluding hydrogens is 206 g/mol. The minimum absolute atomic E-state index is 0.157. The van der Waals surface area contributed by atoms with E-state index < -0.39 is 0 Å². The van der Waals surface area contributed by atoms with Crippen LogP contribution in [0.5, 0.6) is 0 Å². The quantitative estimate of drug-likeness (QED) is 0.820. The standard InChI is InChI=1S/C11H19N3O2/c1-3-15-9-4-8(5-9)6-10-13-11(7(2)12)14-16-10/h7-9H,3-6,12H2,1-2H3. The molecule has 0 bridgehead atoms. The van der Waals surface area contributed by atoms with E-state index in [0.29, 0.717) is 23.7 Å². The Morgan fingerprint density at radius 1 is 1.56 bits per heavy atom. The molecule has 0 amide bonds. The van der Waals surface area contributed by atoms with Crippen molar-refractivity contribution in [1.82, 2.24) is 10.1 Å². The van der Waals surface area contributed by atoms with E-state index in [4.69, 9.17) is 15.0 Å². The van der Waals surface area contributed by atoms with Gasteiger partial charge in [-0.25, -0.2) is 0 Å². The van der Waals surface area contributed by atoms with E-state index in [2.05, 4.69) is 10.1 Å². The van der Waals surface area contributed by atoms with Crippen LogP contribution >= 0.6 is 0 Å². The lowest BCUT2D eigenvalue weighted by Crippen LogP contribution is -2.32. The molecular formula is C11H19N3O2. The van der Waals surface area contributed by atoms with Crippen molar-refractivity contribution < 1.29 is 9.26 Å². The molecule has 1 aromatic rings. The van der Waals surface area contributed by atoms with Crippen molar-refractivity contribution in [2.75, 3.05) is 6.61 Å². The van der Waals surface area contributed by atoms with Crippen LogP contribution in [0, 0.1) is 5.92 Å². The lowest BCUT2D eigenvalue weighted by Gasteiger charge is -2.33. The number of nitrogens with two attached hydrogens (primary N) is 1. The molecule has 2 rings (SSSR count). The molecule has 5 heteroatoms. The first-order valence-corrected chi connectivity index (χ1v) is 5.88. The molecule has 16 heavy (non-hydrogen) atoms. The molecule has 0 spiro atoms. The minimum Gasteiger partial charge on any atom is -0.378 e. The van der Waals surface area contributed by atoms with E-state index in [9.17, 15) is 0 Å². The summed E-state index contributed by atoms with van der Waals surface area (Å²) in [5, 5.41) is 3.84. The minimum atomic E-state index is -0.157. The third-order valence-corrected chi connectivity index (χ3v) is 2.95. The van der Waals surface area contributed by atoms with Crippen molar-refractivity contribution in [1.29, 1.82) is 0 Å². The Hall–Kier alpha value is -0.940. The fraction of sp³-hybridized carbons (Fsp3) is 0.818. The summed E-state index contributed by atoms with van der Waals surface area (Å²) in [4.78, 5) is 4.26. The summed E-state index contributed by atoms with van der Waals surface area (Å²) in [5.74, 6) is 1.92.